The van der Waals surface area contributed by atoms with Crippen molar-refractivity contribution in [2.45, 2.75) is 30.3 Å². The summed E-state index contributed by atoms with van der Waals surface area (Å²) < 4.78 is 47.9. The highest BCUT2D eigenvalue weighted by molar-refractivity contribution is 7.92. The topological polar surface area (TPSA) is 71.5 Å². The maximum atomic E-state index is 11.8. The van der Waals surface area contributed by atoms with Crippen LogP contribution in [0.1, 0.15) is 19.8 Å². The van der Waals surface area contributed by atoms with Gasteiger partial charge in [0.1, 0.15) is 0 Å². The van der Waals surface area contributed by atoms with Crippen molar-refractivity contribution in [1.82, 2.24) is 4.31 Å². The third-order valence-electron chi connectivity index (χ3n) is 3.00. The smallest absolute Gasteiger partial charge is 0.217 e. The van der Waals surface area contributed by atoms with Crippen molar-refractivity contribution in [3.63, 3.8) is 0 Å². The minimum absolute atomic E-state index is 0.0416. The first-order valence-corrected chi connectivity index (χ1v) is 8.26. The Balaban J connectivity index is 2.15. The van der Waals surface area contributed by atoms with E-state index < -0.39 is 25.1 Å². The monoisotopic (exact) mass is 253 g/mol. The van der Waals surface area contributed by atoms with E-state index in [9.17, 15) is 16.8 Å². The molecule has 0 radical (unpaired) electrons. The number of hydrogen-bond donors (Lipinski definition) is 0. The van der Waals surface area contributed by atoms with E-state index in [-0.39, 0.29) is 24.1 Å². The number of hydrogen-bond acceptors (Lipinski definition) is 4. The van der Waals surface area contributed by atoms with Gasteiger partial charge in [0.25, 0.3) is 0 Å². The molecule has 0 aromatic heterocycles. The minimum Gasteiger partial charge on any atom is -0.228 e. The molecule has 0 amide bonds. The molecule has 1 aliphatic heterocycles. The summed E-state index contributed by atoms with van der Waals surface area (Å²) in [5.74, 6) is -0.0416. The predicted octanol–water partition coefficient (Wildman–Crippen LogP) is -0.403. The molecule has 5 nitrogen and oxygen atoms in total. The first-order valence-electron chi connectivity index (χ1n) is 5.04. The summed E-state index contributed by atoms with van der Waals surface area (Å²) in [6.45, 7) is 1.83. The van der Waals surface area contributed by atoms with Gasteiger partial charge in [0.15, 0.2) is 9.84 Å². The van der Waals surface area contributed by atoms with E-state index in [0.29, 0.717) is 0 Å². The molecule has 1 saturated heterocycles. The quantitative estimate of drug-likeness (QED) is 0.671. The maximum absolute atomic E-state index is 11.8. The standard InChI is InChI=1S/C8H15NO4S2/c1-7-6-9(4-5-14(7,10)11)15(12,13)8-2-3-8/h7-8H,2-6H2,1H3. The van der Waals surface area contributed by atoms with Gasteiger partial charge in [0.05, 0.1) is 16.3 Å². The Hall–Kier alpha value is -0.140. The van der Waals surface area contributed by atoms with Crippen molar-refractivity contribution >= 4 is 19.9 Å². The van der Waals surface area contributed by atoms with Crippen LogP contribution in [0.25, 0.3) is 0 Å². The molecule has 0 spiro atoms. The molecule has 0 bridgehead atoms. The van der Waals surface area contributed by atoms with Crippen LogP contribution in [0.2, 0.25) is 0 Å². The summed E-state index contributed by atoms with van der Waals surface area (Å²) in [6, 6.07) is 0. The third kappa shape index (κ3) is 2.05. The van der Waals surface area contributed by atoms with Gasteiger partial charge in [-0.15, -0.1) is 0 Å². The summed E-state index contributed by atoms with van der Waals surface area (Å²) in [4.78, 5) is 0. The molecule has 0 aromatic rings. The molecule has 2 rings (SSSR count). The zero-order valence-electron chi connectivity index (χ0n) is 8.59. The number of sulfonamides is 1. The lowest BCUT2D eigenvalue weighted by Gasteiger charge is -2.29. The molecule has 88 valence electrons. The van der Waals surface area contributed by atoms with Crippen molar-refractivity contribution in [2.24, 2.45) is 0 Å². The van der Waals surface area contributed by atoms with Crippen LogP contribution in [0.5, 0.6) is 0 Å². The summed E-state index contributed by atoms with van der Waals surface area (Å²) in [5, 5.41) is -0.815. The highest BCUT2D eigenvalue weighted by Gasteiger charge is 2.43. The van der Waals surface area contributed by atoms with E-state index in [1.165, 1.54) is 4.31 Å². The molecule has 1 heterocycles. The van der Waals surface area contributed by atoms with Crippen LogP contribution in [0.3, 0.4) is 0 Å². The molecular formula is C8H15NO4S2. The lowest BCUT2D eigenvalue weighted by molar-refractivity contribution is 0.407. The fourth-order valence-corrected chi connectivity index (χ4v) is 5.15. The van der Waals surface area contributed by atoms with Gasteiger partial charge in [0, 0.05) is 13.1 Å². The Morgan fingerprint density at radius 1 is 1.27 bits per heavy atom. The van der Waals surface area contributed by atoms with E-state index in [1.54, 1.807) is 6.92 Å². The third-order valence-corrected chi connectivity index (χ3v) is 7.50. The average molecular weight is 253 g/mol. The van der Waals surface area contributed by atoms with Gasteiger partial charge in [0.2, 0.25) is 10.0 Å². The van der Waals surface area contributed by atoms with E-state index in [0.717, 1.165) is 12.8 Å². The second kappa shape index (κ2) is 3.43. The Labute approximate surface area is 90.4 Å². The Bertz CT molecular complexity index is 449. The van der Waals surface area contributed by atoms with Gasteiger partial charge in [-0.2, -0.15) is 4.31 Å². The van der Waals surface area contributed by atoms with Crippen LogP contribution in [0, 0.1) is 0 Å². The zero-order chi connectivity index (χ0) is 11.3. The van der Waals surface area contributed by atoms with E-state index in [2.05, 4.69) is 0 Å². The molecule has 1 unspecified atom stereocenters. The average Bonchev–Trinajstić information content (AvgIpc) is 2.92. The Morgan fingerprint density at radius 3 is 2.33 bits per heavy atom. The lowest BCUT2D eigenvalue weighted by Crippen LogP contribution is -2.49. The fraction of sp³-hybridized carbons (Fsp3) is 1.00. The molecule has 0 aromatic carbocycles. The van der Waals surface area contributed by atoms with Crippen molar-refractivity contribution in [3.05, 3.63) is 0 Å². The molecule has 1 aliphatic carbocycles. The Morgan fingerprint density at radius 2 is 1.87 bits per heavy atom. The molecule has 15 heavy (non-hydrogen) atoms. The van der Waals surface area contributed by atoms with Gasteiger partial charge in [-0.05, 0) is 19.8 Å². The summed E-state index contributed by atoms with van der Waals surface area (Å²) in [7, 11) is -6.27. The second-order valence-corrected chi connectivity index (χ2v) is 9.03. The SMILES string of the molecule is CC1CN(S(=O)(=O)C2CC2)CCS1(=O)=O. The normalized spacial score (nSPS) is 32.7. The second-order valence-electron chi connectivity index (χ2n) is 4.28. The van der Waals surface area contributed by atoms with Crippen molar-refractivity contribution < 1.29 is 16.8 Å². The van der Waals surface area contributed by atoms with Crippen molar-refractivity contribution in [3.8, 4) is 0 Å². The Kier molecular flexibility index (Phi) is 2.59. The molecule has 7 heteroatoms. The van der Waals surface area contributed by atoms with Crippen LogP contribution in [-0.2, 0) is 19.9 Å². The summed E-state index contributed by atoms with van der Waals surface area (Å²) in [5.41, 5.74) is 0. The molecule has 1 atom stereocenters. The summed E-state index contributed by atoms with van der Waals surface area (Å²) in [6.07, 6.45) is 1.44. The molecular weight excluding hydrogens is 238 g/mol. The minimum atomic E-state index is -3.20. The number of nitrogens with zero attached hydrogens (tertiary/aromatic N) is 1. The van der Waals surface area contributed by atoms with E-state index in [4.69, 9.17) is 0 Å². The van der Waals surface area contributed by atoms with Gasteiger partial charge in [-0.1, -0.05) is 0 Å². The molecule has 1 saturated carbocycles. The van der Waals surface area contributed by atoms with Crippen LogP contribution in [0.4, 0.5) is 0 Å². The van der Waals surface area contributed by atoms with Crippen LogP contribution in [-0.4, -0.2) is 50.5 Å². The van der Waals surface area contributed by atoms with Gasteiger partial charge < -0.3 is 0 Å². The van der Waals surface area contributed by atoms with Gasteiger partial charge >= 0.3 is 0 Å². The number of rotatable bonds is 2. The highest BCUT2D eigenvalue weighted by atomic mass is 32.2. The molecule has 0 N–H and O–H groups in total. The summed E-state index contributed by atoms with van der Waals surface area (Å²) >= 11 is 0. The van der Waals surface area contributed by atoms with Gasteiger partial charge in [-0.3, -0.25) is 0 Å². The highest BCUT2D eigenvalue weighted by Crippen LogP contribution is 2.32. The lowest BCUT2D eigenvalue weighted by atomic mass is 10.4. The van der Waals surface area contributed by atoms with Crippen molar-refractivity contribution in [1.29, 1.82) is 0 Å². The first kappa shape index (κ1) is 11.3. The molecule has 2 fully saturated rings. The van der Waals surface area contributed by atoms with Crippen molar-refractivity contribution in [2.75, 3.05) is 18.8 Å². The zero-order valence-corrected chi connectivity index (χ0v) is 10.2. The predicted molar refractivity (Wildman–Crippen MR) is 56.8 cm³/mol. The van der Waals surface area contributed by atoms with E-state index >= 15 is 0 Å². The number of sulfone groups is 1. The van der Waals surface area contributed by atoms with E-state index in [1.807, 2.05) is 0 Å². The van der Waals surface area contributed by atoms with Gasteiger partial charge in [-0.25, -0.2) is 16.8 Å². The van der Waals surface area contributed by atoms with Crippen LogP contribution >= 0.6 is 0 Å². The first-order chi connectivity index (χ1) is 6.84. The van der Waals surface area contributed by atoms with Crippen LogP contribution < -0.4 is 0 Å². The van der Waals surface area contributed by atoms with Crippen LogP contribution in [0.15, 0.2) is 0 Å². The fourth-order valence-electron chi connectivity index (χ4n) is 1.73. The maximum Gasteiger partial charge on any atom is 0.217 e. The molecule has 2 aliphatic rings. The largest absolute Gasteiger partial charge is 0.228 e.